The Morgan fingerprint density at radius 1 is 1.06 bits per heavy atom. The Morgan fingerprint density at radius 2 is 1.70 bits per heavy atom. The van der Waals surface area contributed by atoms with E-state index in [1.165, 1.54) is 29.2 Å². The van der Waals surface area contributed by atoms with Gasteiger partial charge in [-0.05, 0) is 42.7 Å². The van der Waals surface area contributed by atoms with Crippen LogP contribution in [0.3, 0.4) is 0 Å². The average molecular weight is 465 g/mol. The fraction of sp³-hybridized carbons (Fsp3) is 0.348. The number of carbonyl (C=O) groups is 2. The van der Waals surface area contributed by atoms with Gasteiger partial charge in [-0.15, -0.1) is 0 Å². The van der Waals surface area contributed by atoms with Crippen molar-refractivity contribution in [1.82, 2.24) is 9.80 Å². The average Bonchev–Trinajstić information content (AvgIpc) is 2.77. The fourth-order valence-corrected chi connectivity index (χ4v) is 3.75. The van der Waals surface area contributed by atoms with E-state index in [-0.39, 0.29) is 38.0 Å². The summed E-state index contributed by atoms with van der Waals surface area (Å²) in [5.74, 6) is -3.90. The number of rotatable bonds is 5. The second kappa shape index (κ2) is 9.98. The van der Waals surface area contributed by atoms with E-state index in [1.54, 1.807) is 0 Å². The molecule has 0 radical (unpaired) electrons. The lowest BCUT2D eigenvalue weighted by molar-refractivity contribution is -0.165. The zero-order chi connectivity index (χ0) is 24.2. The summed E-state index contributed by atoms with van der Waals surface area (Å²) in [6, 6.07) is 10.4. The molecule has 0 saturated carbocycles. The topological polar surface area (TPSA) is 64.4 Å². The van der Waals surface area contributed by atoms with Crippen molar-refractivity contribution < 1.29 is 31.5 Å². The Kier molecular flexibility index (Phi) is 7.31. The number of benzene rings is 2. The van der Waals surface area contributed by atoms with Crippen LogP contribution in [0.1, 0.15) is 34.3 Å². The largest absolute Gasteiger partial charge is 0.406 e. The van der Waals surface area contributed by atoms with Crippen LogP contribution in [-0.2, 0) is 11.3 Å². The number of nitrogens with zero attached hydrogens (tertiary/aromatic N) is 3. The summed E-state index contributed by atoms with van der Waals surface area (Å²) in [5, 5.41) is 8.85. The first-order valence-corrected chi connectivity index (χ1v) is 10.2. The molecular formula is C23H20F5N3O2. The lowest BCUT2D eigenvalue weighted by atomic mass is 9.94. The van der Waals surface area contributed by atoms with Gasteiger partial charge in [-0.25, -0.2) is 8.78 Å². The van der Waals surface area contributed by atoms with Gasteiger partial charge in [0.15, 0.2) is 0 Å². The molecule has 0 spiro atoms. The highest BCUT2D eigenvalue weighted by molar-refractivity contribution is 5.94. The Balaban J connectivity index is 1.67. The normalized spacial score (nSPS) is 14.6. The van der Waals surface area contributed by atoms with Gasteiger partial charge in [0, 0.05) is 31.6 Å². The highest BCUT2D eigenvalue weighted by Crippen LogP contribution is 2.26. The van der Waals surface area contributed by atoms with Crippen LogP contribution < -0.4 is 0 Å². The molecule has 0 unspecified atom stereocenters. The van der Waals surface area contributed by atoms with Crippen LogP contribution in [-0.4, -0.2) is 47.4 Å². The minimum absolute atomic E-state index is 0.0583. The van der Waals surface area contributed by atoms with Gasteiger partial charge in [0.1, 0.15) is 18.2 Å². The smallest absolute Gasteiger partial charge is 0.339 e. The number of hydrogen-bond donors (Lipinski definition) is 0. The standard InChI is InChI=1S/C23H20F5N3O2/c24-18-5-6-19(20(25)11-18)22(33)30-9-7-17(8-10-30)21(32)31(14-23(26,27)28)13-16-3-1-15(12-29)2-4-16/h1-6,11,17H,7-10,13-14H2. The van der Waals surface area contributed by atoms with Crippen molar-refractivity contribution in [2.24, 2.45) is 5.92 Å². The van der Waals surface area contributed by atoms with E-state index in [2.05, 4.69) is 0 Å². The third-order valence-corrected chi connectivity index (χ3v) is 5.43. The van der Waals surface area contributed by atoms with E-state index in [0.29, 0.717) is 17.2 Å². The number of hydrogen-bond acceptors (Lipinski definition) is 3. The molecule has 2 aromatic carbocycles. The monoisotopic (exact) mass is 465 g/mol. The van der Waals surface area contributed by atoms with Crippen molar-refractivity contribution in [3.05, 3.63) is 70.8 Å². The summed E-state index contributed by atoms with van der Waals surface area (Å²) in [6.07, 6.45) is -4.36. The van der Waals surface area contributed by atoms with Crippen LogP contribution in [0, 0.1) is 28.9 Å². The van der Waals surface area contributed by atoms with E-state index >= 15 is 0 Å². The number of amides is 2. The van der Waals surface area contributed by atoms with E-state index in [1.807, 2.05) is 6.07 Å². The molecule has 10 heteroatoms. The summed E-state index contributed by atoms with van der Waals surface area (Å²) in [5.41, 5.74) is 0.494. The molecule has 2 aromatic rings. The molecule has 1 heterocycles. The third kappa shape index (κ3) is 6.28. The number of likely N-dealkylation sites (tertiary alicyclic amines) is 1. The summed E-state index contributed by atoms with van der Waals surface area (Å²) in [6.45, 7) is -1.58. The van der Waals surface area contributed by atoms with Crippen LogP contribution in [0.2, 0.25) is 0 Å². The maximum absolute atomic E-state index is 13.9. The second-order valence-corrected chi connectivity index (χ2v) is 7.81. The van der Waals surface area contributed by atoms with Crippen molar-refractivity contribution in [2.45, 2.75) is 25.6 Å². The van der Waals surface area contributed by atoms with Gasteiger partial charge >= 0.3 is 6.18 Å². The lowest BCUT2D eigenvalue weighted by Crippen LogP contribution is -2.46. The molecule has 1 fully saturated rings. The number of alkyl halides is 3. The minimum Gasteiger partial charge on any atom is -0.339 e. The first-order valence-electron chi connectivity index (χ1n) is 10.2. The van der Waals surface area contributed by atoms with Gasteiger partial charge in [-0.3, -0.25) is 9.59 Å². The molecule has 0 N–H and O–H groups in total. The van der Waals surface area contributed by atoms with Crippen molar-refractivity contribution in [1.29, 1.82) is 5.26 Å². The minimum atomic E-state index is -4.60. The molecule has 1 saturated heterocycles. The van der Waals surface area contributed by atoms with E-state index in [0.717, 1.165) is 17.0 Å². The maximum atomic E-state index is 13.9. The van der Waals surface area contributed by atoms with Gasteiger partial charge in [0.25, 0.3) is 5.91 Å². The zero-order valence-corrected chi connectivity index (χ0v) is 17.4. The van der Waals surface area contributed by atoms with Gasteiger partial charge in [-0.2, -0.15) is 18.4 Å². The maximum Gasteiger partial charge on any atom is 0.406 e. The van der Waals surface area contributed by atoms with Crippen molar-refractivity contribution in [3.63, 3.8) is 0 Å². The highest BCUT2D eigenvalue weighted by atomic mass is 19.4. The molecule has 2 amide bonds. The van der Waals surface area contributed by atoms with Gasteiger partial charge < -0.3 is 9.80 Å². The molecule has 5 nitrogen and oxygen atoms in total. The molecule has 0 aliphatic carbocycles. The molecule has 1 aliphatic heterocycles. The van der Waals surface area contributed by atoms with Gasteiger partial charge in [-0.1, -0.05) is 12.1 Å². The number of piperidine rings is 1. The molecule has 0 bridgehead atoms. The predicted octanol–water partition coefficient (Wildman–Crippen LogP) is 4.28. The SMILES string of the molecule is N#Cc1ccc(CN(CC(F)(F)F)C(=O)C2CCN(C(=O)c3ccc(F)cc3F)CC2)cc1. The predicted molar refractivity (Wildman–Crippen MR) is 108 cm³/mol. The molecule has 0 atom stereocenters. The van der Waals surface area contributed by atoms with Crippen LogP contribution in [0.15, 0.2) is 42.5 Å². The van der Waals surface area contributed by atoms with Crippen molar-refractivity contribution in [3.8, 4) is 6.07 Å². The molecular weight excluding hydrogens is 445 g/mol. The molecule has 3 rings (SSSR count). The summed E-state index contributed by atoms with van der Waals surface area (Å²) >= 11 is 0. The van der Waals surface area contributed by atoms with Crippen molar-refractivity contribution in [2.75, 3.05) is 19.6 Å². The summed E-state index contributed by atoms with van der Waals surface area (Å²) in [4.78, 5) is 27.5. The third-order valence-electron chi connectivity index (χ3n) is 5.43. The number of nitriles is 1. The second-order valence-electron chi connectivity index (χ2n) is 7.81. The van der Waals surface area contributed by atoms with E-state index < -0.39 is 42.1 Å². The Hall–Kier alpha value is -3.48. The Morgan fingerprint density at radius 3 is 2.24 bits per heavy atom. The number of halogens is 5. The fourth-order valence-electron chi connectivity index (χ4n) is 3.75. The van der Waals surface area contributed by atoms with E-state index in [4.69, 9.17) is 5.26 Å². The molecule has 1 aliphatic rings. The molecule has 0 aromatic heterocycles. The zero-order valence-electron chi connectivity index (χ0n) is 17.4. The Bertz CT molecular complexity index is 1060. The summed E-state index contributed by atoms with van der Waals surface area (Å²) < 4.78 is 66.4. The first kappa shape index (κ1) is 24.2. The van der Waals surface area contributed by atoms with Crippen LogP contribution in [0.5, 0.6) is 0 Å². The van der Waals surface area contributed by atoms with E-state index in [9.17, 15) is 31.5 Å². The lowest BCUT2D eigenvalue weighted by Gasteiger charge is -2.34. The van der Waals surface area contributed by atoms with Crippen LogP contribution in [0.25, 0.3) is 0 Å². The van der Waals surface area contributed by atoms with Gasteiger partial charge in [0.05, 0.1) is 17.2 Å². The van der Waals surface area contributed by atoms with Crippen LogP contribution >= 0.6 is 0 Å². The summed E-state index contributed by atoms with van der Waals surface area (Å²) in [7, 11) is 0. The first-order chi connectivity index (χ1) is 15.6. The van der Waals surface area contributed by atoms with Gasteiger partial charge in [0.2, 0.25) is 5.91 Å². The molecule has 33 heavy (non-hydrogen) atoms. The highest BCUT2D eigenvalue weighted by Gasteiger charge is 2.37. The Labute approximate surface area is 187 Å². The molecule has 174 valence electrons. The van der Waals surface area contributed by atoms with Crippen molar-refractivity contribution >= 4 is 11.8 Å². The number of carbonyl (C=O) groups excluding carboxylic acids is 2. The quantitative estimate of drug-likeness (QED) is 0.620. The van der Waals surface area contributed by atoms with Crippen LogP contribution in [0.4, 0.5) is 22.0 Å².